The maximum absolute atomic E-state index is 13.4. The predicted molar refractivity (Wildman–Crippen MR) is 142 cm³/mol. The van der Waals surface area contributed by atoms with Gasteiger partial charge in [0.1, 0.15) is 5.76 Å². The zero-order valence-electron chi connectivity index (χ0n) is 21.6. The number of carbonyl (C=O) groups excluding carboxylic acids is 2. The molecule has 1 atom stereocenters. The van der Waals surface area contributed by atoms with Crippen LogP contribution in [0.15, 0.2) is 72.3 Å². The summed E-state index contributed by atoms with van der Waals surface area (Å²) >= 11 is 0. The molecule has 0 spiro atoms. The number of aliphatic hydroxyl groups excluding tert-OH is 1. The van der Waals surface area contributed by atoms with Gasteiger partial charge in [0.2, 0.25) is 0 Å². The van der Waals surface area contributed by atoms with Crippen LogP contribution in [-0.4, -0.2) is 26.6 Å². The van der Waals surface area contributed by atoms with Crippen LogP contribution in [0.25, 0.3) is 5.76 Å². The van der Waals surface area contributed by atoms with E-state index in [2.05, 4.69) is 20.8 Å². The van der Waals surface area contributed by atoms with E-state index in [0.29, 0.717) is 5.56 Å². The molecule has 1 saturated heterocycles. The highest BCUT2D eigenvalue weighted by Gasteiger charge is 2.46. The Balaban J connectivity index is 1.89. The Hall–Kier alpha value is -4.26. The summed E-state index contributed by atoms with van der Waals surface area (Å²) in [5.74, 6) is -1.98. The number of Topliss-reactive ketones (excluding diaryl/α,β-unsaturated/α-hetero) is 1. The number of nitro benzene ring substituents is 1. The Morgan fingerprint density at radius 3 is 2.30 bits per heavy atom. The van der Waals surface area contributed by atoms with E-state index in [9.17, 15) is 24.8 Å². The number of rotatable bonds is 5. The first-order chi connectivity index (χ1) is 17.4. The molecule has 1 aliphatic heterocycles. The predicted octanol–water partition coefficient (Wildman–Crippen LogP) is 6.13. The second-order valence-corrected chi connectivity index (χ2v) is 10.5. The van der Waals surface area contributed by atoms with Crippen molar-refractivity contribution in [1.82, 2.24) is 4.90 Å². The Bertz CT molecular complexity index is 1430. The highest BCUT2D eigenvalue weighted by Crippen LogP contribution is 2.41. The third-order valence-electron chi connectivity index (χ3n) is 6.81. The van der Waals surface area contributed by atoms with Crippen molar-refractivity contribution in [2.45, 2.75) is 52.6 Å². The van der Waals surface area contributed by atoms with Crippen molar-refractivity contribution in [3.05, 3.63) is 116 Å². The molecule has 0 aromatic heterocycles. The molecule has 0 aliphatic carbocycles. The van der Waals surface area contributed by atoms with Gasteiger partial charge in [0.05, 0.1) is 16.5 Å². The van der Waals surface area contributed by atoms with Gasteiger partial charge in [0, 0.05) is 24.2 Å². The summed E-state index contributed by atoms with van der Waals surface area (Å²) in [6, 6.07) is 18.2. The van der Waals surface area contributed by atoms with Crippen LogP contribution in [0.3, 0.4) is 0 Å². The van der Waals surface area contributed by atoms with E-state index >= 15 is 0 Å². The molecule has 1 aliphatic rings. The number of non-ortho nitro benzene ring substituents is 1. The van der Waals surface area contributed by atoms with E-state index in [1.165, 1.54) is 29.2 Å². The molecule has 0 bridgehead atoms. The number of amides is 1. The number of benzene rings is 3. The van der Waals surface area contributed by atoms with Crippen LogP contribution in [-0.2, 0) is 21.5 Å². The zero-order valence-corrected chi connectivity index (χ0v) is 21.6. The third-order valence-corrected chi connectivity index (χ3v) is 6.81. The van der Waals surface area contributed by atoms with Crippen molar-refractivity contribution in [1.29, 1.82) is 0 Å². The molecular weight excluding hydrogens is 468 g/mol. The minimum atomic E-state index is -0.854. The van der Waals surface area contributed by atoms with E-state index in [4.69, 9.17) is 0 Å². The summed E-state index contributed by atoms with van der Waals surface area (Å²) in [6.07, 6.45) is 0. The number of ketones is 1. The second kappa shape index (κ2) is 9.65. The summed E-state index contributed by atoms with van der Waals surface area (Å²) in [7, 11) is 0. The lowest BCUT2D eigenvalue weighted by atomic mass is 9.85. The fourth-order valence-electron chi connectivity index (χ4n) is 4.63. The van der Waals surface area contributed by atoms with E-state index in [-0.39, 0.29) is 28.8 Å². The molecule has 1 N–H and O–H groups in total. The topological polar surface area (TPSA) is 101 Å². The molecule has 7 nitrogen and oxygen atoms in total. The number of likely N-dealkylation sites (tertiary alicyclic amines) is 1. The molecule has 1 fully saturated rings. The van der Waals surface area contributed by atoms with Crippen molar-refractivity contribution < 1.29 is 19.6 Å². The Labute approximate surface area is 216 Å². The number of nitrogens with zero attached hydrogens (tertiary/aromatic N) is 2. The van der Waals surface area contributed by atoms with Gasteiger partial charge in [-0.05, 0) is 41.5 Å². The van der Waals surface area contributed by atoms with E-state index in [1.54, 1.807) is 0 Å². The van der Waals surface area contributed by atoms with Crippen LogP contribution in [0.2, 0.25) is 0 Å². The monoisotopic (exact) mass is 498 g/mol. The Kier molecular flexibility index (Phi) is 6.74. The quantitative estimate of drug-likeness (QED) is 0.150. The normalized spacial score (nSPS) is 17.3. The maximum atomic E-state index is 13.4. The van der Waals surface area contributed by atoms with Crippen molar-refractivity contribution >= 4 is 23.1 Å². The van der Waals surface area contributed by atoms with Crippen LogP contribution in [0.4, 0.5) is 5.69 Å². The zero-order chi connectivity index (χ0) is 27.1. The summed E-state index contributed by atoms with van der Waals surface area (Å²) in [5.41, 5.74) is 4.36. The fraction of sp³-hybridized carbons (Fsp3) is 0.267. The highest BCUT2D eigenvalue weighted by molar-refractivity contribution is 6.46. The first-order valence-electron chi connectivity index (χ1n) is 12.1. The van der Waals surface area contributed by atoms with Gasteiger partial charge in [-0.25, -0.2) is 0 Å². The van der Waals surface area contributed by atoms with Crippen molar-refractivity contribution in [2.75, 3.05) is 0 Å². The molecule has 1 unspecified atom stereocenters. The summed E-state index contributed by atoms with van der Waals surface area (Å²) in [5, 5.41) is 22.6. The van der Waals surface area contributed by atoms with E-state index in [0.717, 1.165) is 22.3 Å². The smallest absolute Gasteiger partial charge is 0.295 e. The lowest BCUT2D eigenvalue weighted by molar-refractivity contribution is -0.384. The third kappa shape index (κ3) is 5.03. The standard InChI is InChI=1S/C30H30N2O5/c1-18-9-10-19(2)22(15-18)17-31-26(20-11-13-23(14-12-20)30(3,4)5)25(28(34)29(31)35)27(33)21-7-6-8-24(16-21)32(36)37/h6-16,26,33H,17H2,1-5H3/b27-25-. The van der Waals surface area contributed by atoms with Crippen LogP contribution in [0.1, 0.15) is 60.2 Å². The summed E-state index contributed by atoms with van der Waals surface area (Å²) in [6.45, 7) is 10.4. The Morgan fingerprint density at radius 1 is 1.00 bits per heavy atom. The van der Waals surface area contributed by atoms with Crippen molar-refractivity contribution in [2.24, 2.45) is 0 Å². The summed E-state index contributed by atoms with van der Waals surface area (Å²) in [4.78, 5) is 38.9. The SMILES string of the molecule is Cc1ccc(C)c(CN2C(=O)C(=O)/C(=C(\O)c3cccc([N+](=O)[O-])c3)C2c2ccc(C(C)(C)C)cc2)c1. The van der Waals surface area contributed by atoms with Gasteiger partial charge in [0.25, 0.3) is 17.4 Å². The van der Waals surface area contributed by atoms with Gasteiger partial charge in [-0.2, -0.15) is 0 Å². The lowest BCUT2D eigenvalue weighted by Gasteiger charge is -2.27. The molecule has 190 valence electrons. The van der Waals surface area contributed by atoms with Gasteiger partial charge in [0.15, 0.2) is 0 Å². The molecule has 0 radical (unpaired) electrons. The van der Waals surface area contributed by atoms with Gasteiger partial charge >= 0.3 is 0 Å². The van der Waals surface area contributed by atoms with Crippen molar-refractivity contribution in [3.8, 4) is 0 Å². The average molecular weight is 499 g/mol. The first kappa shape index (κ1) is 25.8. The van der Waals surface area contributed by atoms with Gasteiger partial charge in [-0.3, -0.25) is 19.7 Å². The van der Waals surface area contributed by atoms with Gasteiger partial charge in [-0.15, -0.1) is 0 Å². The van der Waals surface area contributed by atoms with E-state index < -0.39 is 28.4 Å². The van der Waals surface area contributed by atoms with Crippen LogP contribution in [0.5, 0.6) is 0 Å². The van der Waals surface area contributed by atoms with Gasteiger partial charge < -0.3 is 10.0 Å². The number of carbonyl (C=O) groups is 2. The molecular formula is C30H30N2O5. The van der Waals surface area contributed by atoms with E-state index in [1.807, 2.05) is 56.3 Å². The number of aliphatic hydroxyl groups is 1. The number of nitro groups is 1. The lowest BCUT2D eigenvalue weighted by Crippen LogP contribution is -2.29. The fourth-order valence-corrected chi connectivity index (χ4v) is 4.63. The number of aryl methyl sites for hydroxylation is 2. The molecule has 3 aromatic carbocycles. The minimum Gasteiger partial charge on any atom is -0.507 e. The van der Waals surface area contributed by atoms with Crippen LogP contribution >= 0.6 is 0 Å². The molecule has 1 amide bonds. The minimum absolute atomic E-state index is 0.0840. The second-order valence-electron chi connectivity index (χ2n) is 10.5. The average Bonchev–Trinajstić information content (AvgIpc) is 3.10. The molecule has 1 heterocycles. The first-order valence-corrected chi connectivity index (χ1v) is 12.1. The molecule has 37 heavy (non-hydrogen) atoms. The molecule has 0 saturated carbocycles. The number of hydrogen-bond acceptors (Lipinski definition) is 5. The van der Waals surface area contributed by atoms with Crippen LogP contribution < -0.4 is 0 Å². The maximum Gasteiger partial charge on any atom is 0.295 e. The molecule has 3 aromatic rings. The van der Waals surface area contributed by atoms with Gasteiger partial charge in [-0.1, -0.05) is 80.9 Å². The largest absolute Gasteiger partial charge is 0.507 e. The number of hydrogen-bond donors (Lipinski definition) is 1. The highest BCUT2D eigenvalue weighted by atomic mass is 16.6. The molecule has 7 heteroatoms. The van der Waals surface area contributed by atoms with Crippen LogP contribution in [0, 0.1) is 24.0 Å². The Morgan fingerprint density at radius 2 is 1.68 bits per heavy atom. The summed E-state index contributed by atoms with van der Waals surface area (Å²) < 4.78 is 0. The van der Waals surface area contributed by atoms with Crippen molar-refractivity contribution in [3.63, 3.8) is 0 Å². The molecule has 4 rings (SSSR count).